The van der Waals surface area contributed by atoms with E-state index in [1.54, 1.807) is 0 Å². The predicted octanol–water partition coefficient (Wildman–Crippen LogP) is 2.14. The molecule has 15 heavy (non-hydrogen) atoms. The second kappa shape index (κ2) is 5.73. The van der Waals surface area contributed by atoms with Crippen LogP contribution >= 0.6 is 0 Å². The number of carbonyl (C=O) groups excluding carboxylic acids is 1. The lowest BCUT2D eigenvalue weighted by Crippen LogP contribution is -2.42. The van der Waals surface area contributed by atoms with Crippen LogP contribution < -0.4 is 10.6 Å². The van der Waals surface area contributed by atoms with Crippen molar-refractivity contribution in [3.8, 4) is 0 Å². The third-order valence-corrected chi connectivity index (χ3v) is 2.93. The summed E-state index contributed by atoms with van der Waals surface area (Å²) >= 11 is 0. The molecule has 0 aromatic carbocycles. The van der Waals surface area contributed by atoms with Crippen LogP contribution in [0, 0.1) is 0 Å². The van der Waals surface area contributed by atoms with Gasteiger partial charge in [0, 0.05) is 6.54 Å². The van der Waals surface area contributed by atoms with Gasteiger partial charge >= 0.3 is 6.03 Å². The van der Waals surface area contributed by atoms with Crippen LogP contribution in [0.1, 0.15) is 33.1 Å². The van der Waals surface area contributed by atoms with E-state index in [0.717, 1.165) is 19.3 Å². The molecule has 0 saturated carbocycles. The van der Waals surface area contributed by atoms with E-state index < -0.39 is 6.67 Å². The predicted molar refractivity (Wildman–Crippen MR) is 58.5 cm³/mol. The fraction of sp³-hybridized carbons (Fsp3) is 0.727. The van der Waals surface area contributed by atoms with Crippen molar-refractivity contribution in [3.63, 3.8) is 0 Å². The summed E-state index contributed by atoms with van der Waals surface area (Å²) in [6, 6.07) is -0.131. The number of halogens is 1. The van der Waals surface area contributed by atoms with Gasteiger partial charge in [0.25, 0.3) is 0 Å². The standard InChI is InChI=1S/C11H19FN2O/c1-3-9-4-5-10(8(9)2)14-11(15)13-7-6-12/h10H,3-7H2,1-2H3,(H2,13,14,15). The molecule has 3 nitrogen and oxygen atoms in total. The van der Waals surface area contributed by atoms with E-state index in [0.29, 0.717) is 0 Å². The van der Waals surface area contributed by atoms with Gasteiger partial charge in [-0.2, -0.15) is 0 Å². The molecule has 86 valence electrons. The smallest absolute Gasteiger partial charge is 0.315 e. The molecule has 0 saturated heterocycles. The minimum absolute atomic E-state index is 0.0853. The molecular weight excluding hydrogens is 195 g/mol. The number of hydrogen-bond donors (Lipinski definition) is 2. The first-order chi connectivity index (χ1) is 7.19. The molecule has 0 aliphatic heterocycles. The van der Waals surface area contributed by atoms with Gasteiger partial charge in [0.1, 0.15) is 6.67 Å². The van der Waals surface area contributed by atoms with Gasteiger partial charge in [0.05, 0.1) is 6.04 Å². The third-order valence-electron chi connectivity index (χ3n) is 2.93. The third kappa shape index (κ3) is 3.22. The average Bonchev–Trinajstić information content (AvgIpc) is 2.57. The van der Waals surface area contributed by atoms with Gasteiger partial charge in [-0.1, -0.05) is 18.1 Å². The van der Waals surface area contributed by atoms with E-state index in [1.807, 2.05) is 0 Å². The fourth-order valence-electron chi connectivity index (χ4n) is 1.98. The highest BCUT2D eigenvalue weighted by Gasteiger charge is 2.22. The van der Waals surface area contributed by atoms with E-state index in [2.05, 4.69) is 24.5 Å². The Labute approximate surface area is 90.1 Å². The van der Waals surface area contributed by atoms with Crippen molar-refractivity contribution in [1.82, 2.24) is 10.6 Å². The Morgan fingerprint density at radius 3 is 2.87 bits per heavy atom. The molecular formula is C11H19FN2O. The SMILES string of the molecule is CCC1=C(C)C(NC(=O)NCCF)CC1. The first kappa shape index (κ1) is 12.0. The number of carbonyl (C=O) groups is 1. The highest BCUT2D eigenvalue weighted by atomic mass is 19.1. The lowest BCUT2D eigenvalue weighted by atomic mass is 10.1. The summed E-state index contributed by atoms with van der Waals surface area (Å²) < 4.78 is 11.8. The lowest BCUT2D eigenvalue weighted by molar-refractivity contribution is 0.237. The van der Waals surface area contributed by atoms with Crippen LogP contribution in [-0.2, 0) is 0 Å². The normalized spacial score (nSPS) is 20.6. The monoisotopic (exact) mass is 214 g/mol. The van der Waals surface area contributed by atoms with Crippen molar-refractivity contribution in [2.24, 2.45) is 0 Å². The van der Waals surface area contributed by atoms with Crippen molar-refractivity contribution in [3.05, 3.63) is 11.1 Å². The minimum Gasteiger partial charge on any atom is -0.336 e. The molecule has 1 rings (SSSR count). The molecule has 0 fully saturated rings. The summed E-state index contributed by atoms with van der Waals surface area (Å²) in [5.41, 5.74) is 2.71. The Morgan fingerprint density at radius 1 is 1.60 bits per heavy atom. The van der Waals surface area contributed by atoms with Crippen molar-refractivity contribution in [2.45, 2.75) is 39.2 Å². The summed E-state index contributed by atoms with van der Waals surface area (Å²) in [7, 11) is 0. The van der Waals surface area contributed by atoms with Gasteiger partial charge < -0.3 is 10.6 Å². The molecule has 0 heterocycles. The number of allylic oxidation sites excluding steroid dienone is 1. The zero-order chi connectivity index (χ0) is 11.3. The van der Waals surface area contributed by atoms with Crippen LogP contribution in [0.4, 0.5) is 9.18 Å². The molecule has 0 bridgehead atoms. The molecule has 0 aromatic heterocycles. The van der Waals surface area contributed by atoms with Crippen LogP contribution in [0.5, 0.6) is 0 Å². The van der Waals surface area contributed by atoms with E-state index in [-0.39, 0.29) is 18.6 Å². The molecule has 4 heteroatoms. The fourth-order valence-corrected chi connectivity index (χ4v) is 1.98. The topological polar surface area (TPSA) is 41.1 Å². The van der Waals surface area contributed by atoms with Gasteiger partial charge in [-0.05, 0) is 26.2 Å². The number of amides is 2. The highest BCUT2D eigenvalue weighted by molar-refractivity contribution is 5.74. The Balaban J connectivity index is 2.40. The number of urea groups is 1. The van der Waals surface area contributed by atoms with Gasteiger partial charge in [-0.25, -0.2) is 9.18 Å². The molecule has 1 atom stereocenters. The summed E-state index contributed by atoms with van der Waals surface area (Å²) in [5, 5.41) is 5.32. The second-order valence-corrected chi connectivity index (χ2v) is 3.82. The van der Waals surface area contributed by atoms with Crippen molar-refractivity contribution >= 4 is 6.03 Å². The lowest BCUT2D eigenvalue weighted by Gasteiger charge is -2.14. The summed E-state index contributed by atoms with van der Waals surface area (Å²) in [5.74, 6) is 0. The number of nitrogens with one attached hydrogen (secondary N) is 2. The first-order valence-corrected chi connectivity index (χ1v) is 5.47. The van der Waals surface area contributed by atoms with Gasteiger partial charge in [-0.15, -0.1) is 0 Å². The molecule has 1 aliphatic rings. The Morgan fingerprint density at radius 2 is 2.33 bits per heavy atom. The summed E-state index contributed by atoms with van der Waals surface area (Å²) in [4.78, 5) is 11.3. The number of rotatable bonds is 4. The number of alkyl halides is 1. The molecule has 0 aromatic rings. The zero-order valence-electron chi connectivity index (χ0n) is 9.40. The maximum absolute atomic E-state index is 11.8. The Hall–Kier alpha value is -1.06. The Kier molecular flexibility index (Phi) is 4.59. The molecule has 2 amide bonds. The van der Waals surface area contributed by atoms with Crippen LogP contribution in [0.2, 0.25) is 0 Å². The highest BCUT2D eigenvalue weighted by Crippen LogP contribution is 2.27. The average molecular weight is 214 g/mol. The van der Waals surface area contributed by atoms with E-state index in [1.165, 1.54) is 11.1 Å². The van der Waals surface area contributed by atoms with E-state index >= 15 is 0 Å². The largest absolute Gasteiger partial charge is 0.336 e. The van der Waals surface area contributed by atoms with E-state index in [4.69, 9.17) is 0 Å². The maximum Gasteiger partial charge on any atom is 0.315 e. The van der Waals surface area contributed by atoms with Crippen LogP contribution in [0.15, 0.2) is 11.1 Å². The van der Waals surface area contributed by atoms with Gasteiger partial charge in [-0.3, -0.25) is 0 Å². The quantitative estimate of drug-likeness (QED) is 0.692. The van der Waals surface area contributed by atoms with Gasteiger partial charge in [0.2, 0.25) is 0 Å². The maximum atomic E-state index is 11.8. The van der Waals surface area contributed by atoms with Crippen molar-refractivity contribution in [1.29, 1.82) is 0 Å². The second-order valence-electron chi connectivity index (χ2n) is 3.82. The number of hydrogen-bond acceptors (Lipinski definition) is 1. The molecule has 1 unspecified atom stereocenters. The molecule has 0 spiro atoms. The van der Waals surface area contributed by atoms with Gasteiger partial charge in [0.15, 0.2) is 0 Å². The first-order valence-electron chi connectivity index (χ1n) is 5.47. The van der Waals surface area contributed by atoms with Crippen molar-refractivity contribution in [2.75, 3.05) is 13.2 Å². The summed E-state index contributed by atoms with van der Waals surface area (Å²) in [6.07, 6.45) is 3.09. The zero-order valence-corrected chi connectivity index (χ0v) is 9.40. The van der Waals surface area contributed by atoms with Crippen molar-refractivity contribution < 1.29 is 9.18 Å². The summed E-state index contributed by atoms with van der Waals surface area (Å²) in [6.45, 7) is 3.76. The molecule has 1 aliphatic carbocycles. The van der Waals surface area contributed by atoms with Crippen LogP contribution in [0.3, 0.4) is 0 Å². The molecule has 0 radical (unpaired) electrons. The van der Waals surface area contributed by atoms with E-state index in [9.17, 15) is 9.18 Å². The van der Waals surface area contributed by atoms with Crippen LogP contribution in [-0.4, -0.2) is 25.3 Å². The molecule has 2 N–H and O–H groups in total. The Bertz CT molecular complexity index is 263. The van der Waals surface area contributed by atoms with Crippen LogP contribution in [0.25, 0.3) is 0 Å². The minimum atomic E-state index is -0.521.